The lowest BCUT2D eigenvalue weighted by Crippen LogP contribution is -2.45. The number of amides is 1. The van der Waals surface area contributed by atoms with Gasteiger partial charge in [0.1, 0.15) is 10.6 Å². The predicted molar refractivity (Wildman–Crippen MR) is 118 cm³/mol. The van der Waals surface area contributed by atoms with E-state index in [1.807, 2.05) is 22.4 Å². The summed E-state index contributed by atoms with van der Waals surface area (Å²) in [5.74, 6) is 0.0638. The van der Waals surface area contributed by atoms with Crippen molar-refractivity contribution in [2.75, 3.05) is 11.7 Å². The van der Waals surface area contributed by atoms with Gasteiger partial charge in [-0.2, -0.15) is 15.3 Å². The molecule has 1 saturated heterocycles. The first-order valence-corrected chi connectivity index (χ1v) is 10.5. The summed E-state index contributed by atoms with van der Waals surface area (Å²) < 4.78 is 0. The smallest absolute Gasteiger partial charge is 0.256 e. The van der Waals surface area contributed by atoms with E-state index >= 15 is 0 Å². The van der Waals surface area contributed by atoms with Crippen LogP contribution in [0.1, 0.15) is 60.6 Å². The number of thiazole rings is 1. The standard InChI is InChI=1S/C21H27N5O2S/c1-14-10-11-15(17-13-29-20(24-17)21(2,3)28)12-25(14)19(27)16-8-6-7-9-18(16)26(22-4)23-5/h6-9,13-15,28H,4-5,10-12H2,1-3H3/t14-,15?/m1/s1. The first kappa shape index (κ1) is 21.1. The van der Waals surface area contributed by atoms with Crippen molar-refractivity contribution >= 4 is 36.4 Å². The predicted octanol–water partition coefficient (Wildman–Crippen LogP) is 3.82. The molecule has 0 bridgehead atoms. The van der Waals surface area contributed by atoms with Crippen LogP contribution in [0.4, 0.5) is 5.69 Å². The molecule has 1 N–H and O–H groups in total. The van der Waals surface area contributed by atoms with Crippen molar-refractivity contribution in [3.8, 4) is 0 Å². The summed E-state index contributed by atoms with van der Waals surface area (Å²) in [6.07, 6.45) is 1.84. The first-order chi connectivity index (χ1) is 13.8. The van der Waals surface area contributed by atoms with Crippen molar-refractivity contribution in [1.82, 2.24) is 9.88 Å². The van der Waals surface area contributed by atoms with Crippen LogP contribution in [-0.4, -0.2) is 46.9 Å². The fraction of sp³-hybridized carbons (Fsp3) is 0.429. The van der Waals surface area contributed by atoms with Crippen molar-refractivity contribution in [2.24, 2.45) is 10.2 Å². The first-order valence-electron chi connectivity index (χ1n) is 9.58. The lowest BCUT2D eigenvalue weighted by Gasteiger charge is -2.38. The quantitative estimate of drug-likeness (QED) is 0.577. The summed E-state index contributed by atoms with van der Waals surface area (Å²) in [5.41, 5.74) is 1.04. The number of nitrogens with zero attached hydrogens (tertiary/aromatic N) is 5. The molecule has 7 nitrogen and oxygen atoms in total. The summed E-state index contributed by atoms with van der Waals surface area (Å²) in [4.78, 5) is 20.0. The van der Waals surface area contributed by atoms with E-state index in [1.165, 1.54) is 16.5 Å². The molecule has 3 rings (SSSR count). The molecule has 0 saturated carbocycles. The maximum atomic E-state index is 13.4. The molecular weight excluding hydrogens is 386 g/mol. The number of benzene rings is 1. The second-order valence-electron chi connectivity index (χ2n) is 7.81. The second kappa shape index (κ2) is 8.42. The van der Waals surface area contributed by atoms with Gasteiger partial charge in [0.05, 0.1) is 16.9 Å². The molecular formula is C21H27N5O2S. The van der Waals surface area contributed by atoms with E-state index in [9.17, 15) is 9.90 Å². The lowest BCUT2D eigenvalue weighted by molar-refractivity contribution is 0.0605. The third-order valence-corrected chi connectivity index (χ3v) is 6.40. The van der Waals surface area contributed by atoms with E-state index in [4.69, 9.17) is 0 Å². The van der Waals surface area contributed by atoms with Crippen molar-refractivity contribution < 1.29 is 9.90 Å². The monoisotopic (exact) mass is 413 g/mol. The molecule has 1 unspecified atom stereocenters. The van der Waals surface area contributed by atoms with Gasteiger partial charge in [0.2, 0.25) is 0 Å². The van der Waals surface area contributed by atoms with Gasteiger partial charge in [0.15, 0.2) is 0 Å². The highest BCUT2D eigenvalue weighted by molar-refractivity contribution is 7.09. The summed E-state index contributed by atoms with van der Waals surface area (Å²) >= 11 is 1.46. The van der Waals surface area contributed by atoms with E-state index in [1.54, 1.807) is 26.0 Å². The highest BCUT2D eigenvalue weighted by atomic mass is 32.1. The van der Waals surface area contributed by atoms with Gasteiger partial charge in [0.25, 0.3) is 5.91 Å². The van der Waals surface area contributed by atoms with Crippen LogP contribution in [0.2, 0.25) is 0 Å². The zero-order valence-electron chi connectivity index (χ0n) is 17.1. The normalized spacial score (nSPS) is 19.7. The lowest BCUT2D eigenvalue weighted by atomic mass is 9.90. The van der Waals surface area contributed by atoms with E-state index in [0.29, 0.717) is 22.8 Å². The van der Waals surface area contributed by atoms with Gasteiger partial charge in [-0.1, -0.05) is 12.1 Å². The van der Waals surface area contributed by atoms with Crippen LogP contribution in [0.3, 0.4) is 0 Å². The minimum Gasteiger partial charge on any atom is -0.383 e. The Balaban J connectivity index is 1.87. The van der Waals surface area contributed by atoms with Crippen LogP contribution in [0.15, 0.2) is 39.8 Å². The summed E-state index contributed by atoms with van der Waals surface area (Å²) in [6.45, 7) is 13.1. The number of hydrogen-bond acceptors (Lipinski definition) is 7. The van der Waals surface area contributed by atoms with Crippen molar-refractivity contribution in [2.45, 2.75) is 51.2 Å². The van der Waals surface area contributed by atoms with Crippen LogP contribution in [0, 0.1) is 0 Å². The van der Waals surface area contributed by atoms with Gasteiger partial charge in [-0.25, -0.2) is 4.98 Å². The molecule has 1 aromatic carbocycles. The molecule has 0 radical (unpaired) electrons. The molecule has 1 amide bonds. The van der Waals surface area contributed by atoms with Gasteiger partial charge in [-0.3, -0.25) is 4.79 Å². The number of aliphatic hydroxyl groups is 1. The topological polar surface area (TPSA) is 81.4 Å². The fourth-order valence-corrected chi connectivity index (χ4v) is 4.49. The molecule has 29 heavy (non-hydrogen) atoms. The summed E-state index contributed by atoms with van der Waals surface area (Å²) in [7, 11) is 0. The number of para-hydroxylation sites is 1. The van der Waals surface area contributed by atoms with Gasteiger partial charge < -0.3 is 10.0 Å². The Morgan fingerprint density at radius 1 is 1.31 bits per heavy atom. The number of hydrazone groups is 2. The third kappa shape index (κ3) is 4.38. The van der Waals surface area contributed by atoms with Crippen LogP contribution in [-0.2, 0) is 5.60 Å². The Hall–Kier alpha value is -2.58. The molecule has 0 aliphatic carbocycles. The van der Waals surface area contributed by atoms with Crippen LogP contribution >= 0.6 is 11.3 Å². The highest BCUT2D eigenvalue weighted by Gasteiger charge is 2.33. The zero-order valence-corrected chi connectivity index (χ0v) is 17.9. The van der Waals surface area contributed by atoms with Crippen molar-refractivity contribution in [1.29, 1.82) is 0 Å². The molecule has 1 aliphatic heterocycles. The molecule has 2 atom stereocenters. The van der Waals surface area contributed by atoms with Gasteiger partial charge >= 0.3 is 0 Å². The van der Waals surface area contributed by atoms with E-state index < -0.39 is 5.60 Å². The Labute approximate surface area is 175 Å². The number of aromatic nitrogens is 1. The second-order valence-corrected chi connectivity index (χ2v) is 8.66. The molecule has 154 valence electrons. The Bertz CT molecular complexity index is 896. The maximum Gasteiger partial charge on any atom is 0.256 e. The maximum absolute atomic E-state index is 13.4. The minimum absolute atomic E-state index is 0.0759. The molecule has 2 aromatic rings. The van der Waals surface area contributed by atoms with Gasteiger partial charge in [0, 0.05) is 37.3 Å². The number of carbonyl (C=O) groups is 1. The molecule has 8 heteroatoms. The number of likely N-dealkylation sites (tertiary alicyclic amines) is 1. The fourth-order valence-electron chi connectivity index (χ4n) is 3.57. The average molecular weight is 414 g/mol. The molecule has 2 heterocycles. The van der Waals surface area contributed by atoms with E-state index in [2.05, 4.69) is 35.5 Å². The summed E-state index contributed by atoms with van der Waals surface area (Å²) in [6, 6.07) is 7.31. The van der Waals surface area contributed by atoms with E-state index in [-0.39, 0.29) is 17.9 Å². The highest BCUT2D eigenvalue weighted by Crippen LogP contribution is 2.34. The van der Waals surface area contributed by atoms with Crippen molar-refractivity contribution in [3.63, 3.8) is 0 Å². The zero-order chi connectivity index (χ0) is 21.2. The van der Waals surface area contributed by atoms with Crippen LogP contribution in [0.5, 0.6) is 0 Å². The van der Waals surface area contributed by atoms with Crippen molar-refractivity contribution in [3.05, 3.63) is 45.9 Å². The summed E-state index contributed by atoms with van der Waals surface area (Å²) in [5, 5.41) is 21.8. The largest absolute Gasteiger partial charge is 0.383 e. The van der Waals surface area contributed by atoms with Crippen LogP contribution in [0.25, 0.3) is 0 Å². The van der Waals surface area contributed by atoms with Gasteiger partial charge in [-0.05, 0) is 45.7 Å². The third-order valence-electron chi connectivity index (χ3n) is 5.22. The Kier molecular flexibility index (Phi) is 6.14. The molecule has 1 fully saturated rings. The minimum atomic E-state index is -0.960. The molecule has 0 spiro atoms. The Morgan fingerprint density at radius 3 is 2.62 bits per heavy atom. The number of rotatable bonds is 6. The number of hydrogen-bond donors (Lipinski definition) is 1. The van der Waals surface area contributed by atoms with E-state index in [0.717, 1.165) is 18.5 Å². The number of carbonyl (C=O) groups excluding carboxylic acids is 1. The Morgan fingerprint density at radius 2 is 2.00 bits per heavy atom. The van der Waals surface area contributed by atoms with Crippen LogP contribution < -0.4 is 5.12 Å². The SMILES string of the molecule is C=NN(N=C)c1ccccc1C(=O)N1CC(c2csc(C(C)(C)O)n2)CC[C@H]1C. The molecule has 1 aliphatic rings. The average Bonchev–Trinajstić information content (AvgIpc) is 3.20. The number of piperidine rings is 1. The number of anilines is 1. The van der Waals surface area contributed by atoms with Gasteiger partial charge in [-0.15, -0.1) is 11.3 Å². The molecule has 1 aromatic heterocycles.